The van der Waals surface area contributed by atoms with Gasteiger partial charge in [0.1, 0.15) is 0 Å². The van der Waals surface area contributed by atoms with Gasteiger partial charge in [0.05, 0.1) is 0 Å². The molecule has 140 valence electrons. The maximum Gasteiger partial charge on any atom is 0.0462 e. The van der Waals surface area contributed by atoms with Gasteiger partial charge in [-0.15, -0.1) is 0 Å². The van der Waals surface area contributed by atoms with Gasteiger partial charge in [0.25, 0.3) is 0 Å². The standard InChI is InChI=1S/C25H25N3/c1-14-6-8-22-18(10-14)24(16(3)26-22)20-12-28(5)13-21(20)25-17(4)27-23-9-7-15(2)11-19(23)25/h6-13,26-27H,1-5H3. The van der Waals surface area contributed by atoms with Crippen LogP contribution in [0.25, 0.3) is 44.1 Å². The molecule has 28 heavy (non-hydrogen) atoms. The zero-order valence-corrected chi connectivity index (χ0v) is 17.1. The summed E-state index contributed by atoms with van der Waals surface area (Å²) in [4.78, 5) is 7.16. The summed E-state index contributed by atoms with van der Waals surface area (Å²) in [5.41, 5.74) is 12.5. The van der Waals surface area contributed by atoms with E-state index in [1.54, 1.807) is 0 Å². The first-order valence-electron chi connectivity index (χ1n) is 9.77. The average Bonchev–Trinajstić information content (AvgIpc) is 3.26. The van der Waals surface area contributed by atoms with Crippen molar-refractivity contribution in [2.45, 2.75) is 27.7 Å². The van der Waals surface area contributed by atoms with Crippen LogP contribution in [-0.2, 0) is 7.05 Å². The number of aromatic nitrogens is 3. The molecular formula is C25H25N3. The lowest BCUT2D eigenvalue weighted by Gasteiger charge is -2.07. The molecule has 0 fully saturated rings. The van der Waals surface area contributed by atoms with Crippen molar-refractivity contribution in [2.24, 2.45) is 7.05 Å². The lowest BCUT2D eigenvalue weighted by Crippen LogP contribution is -1.84. The second kappa shape index (κ2) is 5.90. The summed E-state index contributed by atoms with van der Waals surface area (Å²) in [5.74, 6) is 0. The van der Waals surface area contributed by atoms with Crippen molar-refractivity contribution >= 4 is 21.8 Å². The Hall–Kier alpha value is -3.20. The first-order chi connectivity index (χ1) is 13.4. The highest BCUT2D eigenvalue weighted by molar-refractivity contribution is 6.06. The summed E-state index contributed by atoms with van der Waals surface area (Å²) in [7, 11) is 2.11. The fraction of sp³-hybridized carbons (Fsp3) is 0.200. The summed E-state index contributed by atoms with van der Waals surface area (Å²) in [5, 5.41) is 2.58. The maximum atomic E-state index is 3.58. The first-order valence-corrected chi connectivity index (χ1v) is 9.77. The number of benzene rings is 2. The van der Waals surface area contributed by atoms with E-state index in [0.717, 1.165) is 0 Å². The predicted molar refractivity (Wildman–Crippen MR) is 119 cm³/mol. The lowest BCUT2D eigenvalue weighted by molar-refractivity contribution is 0.929. The van der Waals surface area contributed by atoms with Gasteiger partial charge in [-0.1, -0.05) is 23.3 Å². The second-order valence-electron chi connectivity index (χ2n) is 8.10. The van der Waals surface area contributed by atoms with Crippen molar-refractivity contribution in [2.75, 3.05) is 0 Å². The number of hydrogen-bond acceptors (Lipinski definition) is 0. The molecule has 3 aromatic heterocycles. The third-order valence-corrected chi connectivity index (χ3v) is 5.78. The molecule has 0 amide bonds. The van der Waals surface area contributed by atoms with Crippen molar-refractivity contribution in [3.8, 4) is 22.3 Å². The van der Waals surface area contributed by atoms with Gasteiger partial charge in [-0.25, -0.2) is 0 Å². The second-order valence-corrected chi connectivity index (χ2v) is 8.10. The molecule has 0 bridgehead atoms. The van der Waals surface area contributed by atoms with Crippen LogP contribution in [0, 0.1) is 27.7 Å². The normalized spacial score (nSPS) is 11.8. The molecule has 0 aliphatic rings. The Labute approximate surface area is 165 Å². The summed E-state index contributed by atoms with van der Waals surface area (Å²) in [6.45, 7) is 8.66. The van der Waals surface area contributed by atoms with Crippen molar-refractivity contribution in [1.82, 2.24) is 14.5 Å². The van der Waals surface area contributed by atoms with Gasteiger partial charge in [-0.3, -0.25) is 0 Å². The van der Waals surface area contributed by atoms with Gasteiger partial charge >= 0.3 is 0 Å². The average molecular weight is 367 g/mol. The Morgan fingerprint density at radius 2 is 1.07 bits per heavy atom. The molecule has 2 aromatic carbocycles. The Balaban J connectivity index is 1.86. The molecule has 0 radical (unpaired) electrons. The Morgan fingerprint density at radius 1 is 0.643 bits per heavy atom. The monoisotopic (exact) mass is 367 g/mol. The topological polar surface area (TPSA) is 36.5 Å². The number of nitrogens with zero attached hydrogens (tertiary/aromatic N) is 1. The number of aromatic amines is 2. The lowest BCUT2D eigenvalue weighted by atomic mass is 9.94. The van der Waals surface area contributed by atoms with Crippen LogP contribution in [0.4, 0.5) is 0 Å². The zero-order chi connectivity index (χ0) is 19.6. The van der Waals surface area contributed by atoms with Crippen molar-refractivity contribution in [3.05, 3.63) is 71.3 Å². The molecule has 0 saturated heterocycles. The fourth-order valence-corrected chi connectivity index (χ4v) is 4.56. The first kappa shape index (κ1) is 16.9. The Morgan fingerprint density at radius 3 is 1.50 bits per heavy atom. The van der Waals surface area contributed by atoms with E-state index in [-0.39, 0.29) is 0 Å². The van der Waals surface area contributed by atoms with E-state index in [2.05, 4.69) is 98.1 Å². The van der Waals surface area contributed by atoms with Crippen LogP contribution in [0.2, 0.25) is 0 Å². The smallest absolute Gasteiger partial charge is 0.0462 e. The molecule has 0 aliphatic carbocycles. The molecular weight excluding hydrogens is 342 g/mol. The molecule has 0 unspecified atom stereocenters. The molecule has 3 heteroatoms. The summed E-state index contributed by atoms with van der Waals surface area (Å²) in [6, 6.07) is 13.3. The minimum absolute atomic E-state index is 1.19. The van der Waals surface area contributed by atoms with Gasteiger partial charge in [-0.2, -0.15) is 0 Å². The maximum absolute atomic E-state index is 3.58. The number of fused-ring (bicyclic) bond motifs is 2. The molecule has 2 N–H and O–H groups in total. The van der Waals surface area contributed by atoms with E-state index in [1.165, 1.54) is 66.6 Å². The highest BCUT2D eigenvalue weighted by atomic mass is 14.9. The number of rotatable bonds is 2. The van der Waals surface area contributed by atoms with E-state index < -0.39 is 0 Å². The minimum atomic E-state index is 1.19. The molecule has 3 heterocycles. The SMILES string of the molecule is Cc1ccc2[nH]c(C)c(-c3cn(C)cc3-c3c(C)[nH]c4ccc(C)cc34)c2c1. The molecule has 0 spiro atoms. The Bertz CT molecular complexity index is 1250. The summed E-state index contributed by atoms with van der Waals surface area (Å²) < 4.78 is 2.17. The van der Waals surface area contributed by atoms with E-state index in [1.807, 2.05) is 0 Å². The number of aryl methyl sites for hydroxylation is 5. The highest BCUT2D eigenvalue weighted by Gasteiger charge is 2.20. The van der Waals surface area contributed by atoms with Gasteiger partial charge < -0.3 is 14.5 Å². The summed E-state index contributed by atoms with van der Waals surface area (Å²) in [6.07, 6.45) is 4.50. The highest BCUT2D eigenvalue weighted by Crippen LogP contribution is 2.42. The zero-order valence-electron chi connectivity index (χ0n) is 17.1. The van der Waals surface area contributed by atoms with E-state index in [9.17, 15) is 0 Å². The summed E-state index contributed by atoms with van der Waals surface area (Å²) >= 11 is 0. The number of hydrogen-bond donors (Lipinski definition) is 2. The van der Waals surface area contributed by atoms with Crippen LogP contribution in [0.15, 0.2) is 48.8 Å². The van der Waals surface area contributed by atoms with Crippen molar-refractivity contribution in [3.63, 3.8) is 0 Å². The van der Waals surface area contributed by atoms with E-state index in [0.29, 0.717) is 0 Å². The van der Waals surface area contributed by atoms with Gasteiger partial charge in [0, 0.05) is 74.9 Å². The predicted octanol–water partition coefficient (Wildman–Crippen LogP) is 6.56. The van der Waals surface area contributed by atoms with Crippen LogP contribution in [0.5, 0.6) is 0 Å². The van der Waals surface area contributed by atoms with Gasteiger partial charge in [0.15, 0.2) is 0 Å². The van der Waals surface area contributed by atoms with Crippen LogP contribution in [-0.4, -0.2) is 14.5 Å². The third kappa shape index (κ3) is 2.43. The van der Waals surface area contributed by atoms with Crippen molar-refractivity contribution in [1.29, 1.82) is 0 Å². The quantitative estimate of drug-likeness (QED) is 0.355. The molecule has 3 nitrogen and oxygen atoms in total. The number of H-pyrrole nitrogens is 2. The van der Waals surface area contributed by atoms with Crippen LogP contribution >= 0.6 is 0 Å². The van der Waals surface area contributed by atoms with Crippen molar-refractivity contribution < 1.29 is 0 Å². The van der Waals surface area contributed by atoms with E-state index in [4.69, 9.17) is 0 Å². The molecule has 5 rings (SSSR count). The van der Waals surface area contributed by atoms with Gasteiger partial charge in [-0.05, 0) is 52.0 Å². The third-order valence-electron chi connectivity index (χ3n) is 5.78. The van der Waals surface area contributed by atoms with Crippen LogP contribution in [0.1, 0.15) is 22.5 Å². The number of nitrogens with one attached hydrogen (secondary N) is 2. The largest absolute Gasteiger partial charge is 0.358 e. The van der Waals surface area contributed by atoms with E-state index >= 15 is 0 Å². The molecule has 5 aromatic rings. The van der Waals surface area contributed by atoms with Gasteiger partial charge in [0.2, 0.25) is 0 Å². The van der Waals surface area contributed by atoms with Crippen LogP contribution < -0.4 is 0 Å². The fourth-order valence-electron chi connectivity index (χ4n) is 4.56. The molecule has 0 saturated carbocycles. The minimum Gasteiger partial charge on any atom is -0.358 e. The molecule has 0 aliphatic heterocycles. The molecule has 0 atom stereocenters. The van der Waals surface area contributed by atoms with Crippen LogP contribution in [0.3, 0.4) is 0 Å². The Kier molecular flexibility index (Phi) is 3.57.